The number of carbonyl (C=O) groups is 1. The summed E-state index contributed by atoms with van der Waals surface area (Å²) in [6.07, 6.45) is 3.29. The predicted octanol–water partition coefficient (Wildman–Crippen LogP) is 1.06. The Morgan fingerprint density at radius 3 is 2.78 bits per heavy atom. The van der Waals surface area contributed by atoms with Crippen LogP contribution in [0.4, 0.5) is 5.69 Å². The first kappa shape index (κ1) is 12.5. The number of hydrogen-bond donors (Lipinski definition) is 3. The molecule has 0 aliphatic heterocycles. The molecule has 6 nitrogen and oxygen atoms in total. The minimum atomic E-state index is -0.230. The number of rotatable bonds is 4. The molecule has 18 heavy (non-hydrogen) atoms. The minimum absolute atomic E-state index is 0.230. The molecule has 0 aliphatic carbocycles. The molecular weight excluding hydrogens is 250 g/mol. The molecule has 0 bridgehead atoms. The van der Waals surface area contributed by atoms with E-state index < -0.39 is 0 Å². The maximum Gasteiger partial charge on any atom is 0.270 e. The van der Waals surface area contributed by atoms with Gasteiger partial charge in [-0.25, -0.2) is 9.97 Å². The Labute approximate surface area is 108 Å². The SMILES string of the molecule is Cc1cnc(CNC(=O)c2ccc(NN)cn2)s1. The van der Waals surface area contributed by atoms with Gasteiger partial charge in [0, 0.05) is 11.1 Å². The van der Waals surface area contributed by atoms with Gasteiger partial charge < -0.3 is 10.7 Å². The van der Waals surface area contributed by atoms with Crippen LogP contribution < -0.4 is 16.6 Å². The molecule has 0 radical (unpaired) electrons. The first-order valence-electron chi connectivity index (χ1n) is 5.31. The van der Waals surface area contributed by atoms with Gasteiger partial charge in [0.2, 0.25) is 0 Å². The molecule has 0 saturated carbocycles. The standard InChI is InChI=1S/C11H13N5OS/c1-7-4-14-10(18-7)6-15-11(17)9-3-2-8(16-12)5-13-9/h2-5,16H,6,12H2,1H3,(H,15,17). The number of nitrogens with two attached hydrogens (primary N) is 1. The van der Waals surface area contributed by atoms with E-state index in [1.165, 1.54) is 6.20 Å². The van der Waals surface area contributed by atoms with Crippen molar-refractivity contribution in [3.8, 4) is 0 Å². The van der Waals surface area contributed by atoms with Crippen LogP contribution in [0.5, 0.6) is 0 Å². The summed E-state index contributed by atoms with van der Waals surface area (Å²) in [5.41, 5.74) is 3.46. The van der Waals surface area contributed by atoms with E-state index in [0.717, 1.165) is 9.88 Å². The molecule has 0 aliphatic rings. The van der Waals surface area contributed by atoms with Crippen molar-refractivity contribution >= 4 is 22.9 Å². The summed E-state index contributed by atoms with van der Waals surface area (Å²) in [7, 11) is 0. The van der Waals surface area contributed by atoms with E-state index in [4.69, 9.17) is 5.84 Å². The average molecular weight is 263 g/mol. The smallest absolute Gasteiger partial charge is 0.270 e. The van der Waals surface area contributed by atoms with Gasteiger partial charge in [-0.1, -0.05) is 0 Å². The summed E-state index contributed by atoms with van der Waals surface area (Å²) in [5, 5.41) is 3.64. The van der Waals surface area contributed by atoms with Crippen LogP contribution in [-0.2, 0) is 6.54 Å². The number of hydrogen-bond acceptors (Lipinski definition) is 6. The van der Waals surface area contributed by atoms with Crippen molar-refractivity contribution in [3.63, 3.8) is 0 Å². The molecule has 2 rings (SSSR count). The molecule has 2 heterocycles. The molecule has 0 atom stereocenters. The van der Waals surface area contributed by atoms with Crippen LogP contribution >= 0.6 is 11.3 Å². The zero-order chi connectivity index (χ0) is 13.0. The fraction of sp³-hybridized carbons (Fsp3) is 0.182. The maximum atomic E-state index is 11.8. The average Bonchev–Trinajstić information content (AvgIpc) is 2.82. The van der Waals surface area contributed by atoms with E-state index in [1.54, 1.807) is 29.7 Å². The highest BCUT2D eigenvalue weighted by Crippen LogP contribution is 2.10. The van der Waals surface area contributed by atoms with Crippen LogP contribution in [0, 0.1) is 6.92 Å². The monoisotopic (exact) mass is 263 g/mol. The molecule has 94 valence electrons. The van der Waals surface area contributed by atoms with Crippen LogP contribution in [-0.4, -0.2) is 15.9 Å². The number of nitrogens with zero attached hydrogens (tertiary/aromatic N) is 2. The Morgan fingerprint density at radius 2 is 2.22 bits per heavy atom. The van der Waals surface area contributed by atoms with Gasteiger partial charge in [0.05, 0.1) is 18.4 Å². The molecule has 7 heteroatoms. The van der Waals surface area contributed by atoms with Gasteiger partial charge in [0.1, 0.15) is 10.7 Å². The maximum absolute atomic E-state index is 11.8. The number of nitrogens with one attached hydrogen (secondary N) is 2. The summed E-state index contributed by atoms with van der Waals surface area (Å²) in [5.74, 6) is 4.99. The van der Waals surface area contributed by atoms with E-state index in [1.807, 2.05) is 6.92 Å². The lowest BCUT2D eigenvalue weighted by atomic mass is 10.3. The number of hydrazine groups is 1. The van der Waals surface area contributed by atoms with Crippen molar-refractivity contribution in [2.75, 3.05) is 5.43 Å². The van der Waals surface area contributed by atoms with Crippen LogP contribution in [0.25, 0.3) is 0 Å². The van der Waals surface area contributed by atoms with E-state index in [9.17, 15) is 4.79 Å². The summed E-state index contributed by atoms with van der Waals surface area (Å²) in [6.45, 7) is 2.39. The molecule has 0 saturated heterocycles. The molecule has 0 fully saturated rings. The summed E-state index contributed by atoms with van der Waals surface area (Å²) >= 11 is 1.56. The zero-order valence-corrected chi connectivity index (χ0v) is 10.6. The third-order valence-corrected chi connectivity index (χ3v) is 3.14. The second kappa shape index (κ2) is 5.56. The van der Waals surface area contributed by atoms with Crippen molar-refractivity contribution in [3.05, 3.63) is 40.1 Å². The number of anilines is 1. The van der Waals surface area contributed by atoms with E-state index in [-0.39, 0.29) is 5.91 Å². The Morgan fingerprint density at radius 1 is 1.39 bits per heavy atom. The fourth-order valence-electron chi connectivity index (χ4n) is 1.34. The Balaban J connectivity index is 1.94. The van der Waals surface area contributed by atoms with E-state index in [2.05, 4.69) is 20.7 Å². The highest BCUT2D eigenvalue weighted by atomic mass is 32.1. The topological polar surface area (TPSA) is 92.9 Å². The van der Waals surface area contributed by atoms with Crippen molar-refractivity contribution in [1.82, 2.24) is 15.3 Å². The Bertz CT molecular complexity index is 537. The molecular formula is C11H13N5OS. The van der Waals surface area contributed by atoms with E-state index in [0.29, 0.717) is 17.9 Å². The highest BCUT2D eigenvalue weighted by Gasteiger charge is 2.07. The van der Waals surface area contributed by atoms with Gasteiger partial charge in [0.15, 0.2) is 0 Å². The summed E-state index contributed by atoms with van der Waals surface area (Å²) in [6, 6.07) is 3.30. The number of aromatic nitrogens is 2. The van der Waals surface area contributed by atoms with Gasteiger partial charge in [-0.2, -0.15) is 0 Å². The molecule has 2 aromatic heterocycles. The van der Waals surface area contributed by atoms with Gasteiger partial charge in [0.25, 0.3) is 5.91 Å². The lowest BCUT2D eigenvalue weighted by Gasteiger charge is -2.03. The number of carbonyl (C=O) groups excluding carboxylic acids is 1. The quantitative estimate of drug-likeness (QED) is 0.566. The second-order valence-electron chi connectivity index (χ2n) is 3.62. The number of nitrogen functional groups attached to an aromatic ring is 1. The molecule has 2 aromatic rings. The highest BCUT2D eigenvalue weighted by molar-refractivity contribution is 7.11. The van der Waals surface area contributed by atoms with Crippen LogP contribution in [0.1, 0.15) is 20.4 Å². The van der Waals surface area contributed by atoms with Crippen molar-refractivity contribution in [2.24, 2.45) is 5.84 Å². The first-order valence-corrected chi connectivity index (χ1v) is 6.13. The van der Waals surface area contributed by atoms with Crippen molar-refractivity contribution in [1.29, 1.82) is 0 Å². The van der Waals surface area contributed by atoms with Crippen LogP contribution in [0.15, 0.2) is 24.5 Å². The van der Waals surface area contributed by atoms with Crippen molar-refractivity contribution < 1.29 is 4.79 Å². The lowest BCUT2D eigenvalue weighted by Crippen LogP contribution is -2.23. The largest absolute Gasteiger partial charge is 0.344 e. The third-order valence-electron chi connectivity index (χ3n) is 2.23. The van der Waals surface area contributed by atoms with Crippen LogP contribution in [0.2, 0.25) is 0 Å². The van der Waals surface area contributed by atoms with Gasteiger partial charge >= 0.3 is 0 Å². The molecule has 1 amide bonds. The minimum Gasteiger partial charge on any atom is -0.344 e. The van der Waals surface area contributed by atoms with Crippen molar-refractivity contribution in [2.45, 2.75) is 13.5 Å². The van der Waals surface area contributed by atoms with Gasteiger partial charge in [-0.05, 0) is 19.1 Å². The Hall–Kier alpha value is -1.99. The number of pyridine rings is 1. The lowest BCUT2D eigenvalue weighted by molar-refractivity contribution is 0.0946. The molecule has 0 spiro atoms. The summed E-state index contributed by atoms with van der Waals surface area (Å²) in [4.78, 5) is 21.1. The number of amides is 1. The normalized spacial score (nSPS) is 10.1. The number of thiazole rings is 1. The number of aryl methyl sites for hydroxylation is 1. The summed E-state index contributed by atoms with van der Waals surface area (Å²) < 4.78 is 0. The first-order chi connectivity index (χ1) is 8.69. The molecule has 0 unspecified atom stereocenters. The van der Waals surface area contributed by atoms with Gasteiger partial charge in [-0.3, -0.25) is 10.6 Å². The van der Waals surface area contributed by atoms with Gasteiger partial charge in [-0.15, -0.1) is 11.3 Å². The Kier molecular flexibility index (Phi) is 3.85. The molecule has 0 aromatic carbocycles. The van der Waals surface area contributed by atoms with E-state index >= 15 is 0 Å². The predicted molar refractivity (Wildman–Crippen MR) is 70.1 cm³/mol. The van der Waals surface area contributed by atoms with Crippen LogP contribution in [0.3, 0.4) is 0 Å². The zero-order valence-electron chi connectivity index (χ0n) is 9.80. The fourth-order valence-corrected chi connectivity index (χ4v) is 2.07. The second-order valence-corrected chi connectivity index (χ2v) is 4.94. The molecule has 4 N–H and O–H groups in total. The third kappa shape index (κ3) is 3.02.